The molecule has 3 atom stereocenters. The minimum absolute atomic E-state index is 0.0574. The minimum Gasteiger partial charge on any atom is -0.453 e. The van der Waals surface area contributed by atoms with Gasteiger partial charge < -0.3 is 42.8 Å². The molecule has 258 valence electrons. The Morgan fingerprint density at radius 2 is 1.54 bits per heavy atom. The van der Waals surface area contributed by atoms with Crippen LogP contribution in [-0.4, -0.2) is 72.4 Å². The van der Waals surface area contributed by atoms with Crippen molar-refractivity contribution in [2.75, 3.05) is 24.7 Å². The molecule has 0 unspecified atom stereocenters. The number of carbonyl (C=O) groups is 6. The topological polar surface area (TPSA) is 224 Å². The number of benzene rings is 1. The summed E-state index contributed by atoms with van der Waals surface area (Å²) in [6, 6.07) is 3.11. The first-order valence-corrected chi connectivity index (χ1v) is 16.5. The van der Waals surface area contributed by atoms with E-state index in [9.17, 15) is 28.8 Å². The number of nitrogens with one attached hydrogen (secondary N) is 5. The van der Waals surface area contributed by atoms with Gasteiger partial charge in [-0.05, 0) is 72.7 Å². The van der Waals surface area contributed by atoms with E-state index in [0.717, 1.165) is 23.7 Å². The molecule has 0 saturated heterocycles. The van der Waals surface area contributed by atoms with E-state index in [4.69, 9.17) is 16.2 Å². The fourth-order valence-corrected chi connectivity index (χ4v) is 4.23. The zero-order valence-electron chi connectivity index (χ0n) is 27.7. The molecule has 9 N–H and O–H groups in total. The number of amides is 6. The van der Waals surface area contributed by atoms with Crippen LogP contribution in [0.4, 0.5) is 15.3 Å². The highest BCUT2D eigenvalue weighted by Gasteiger charge is 2.29. The molecule has 0 heterocycles. The number of hydrogen-bond acceptors (Lipinski definition) is 9. The van der Waals surface area contributed by atoms with E-state index in [1.165, 1.54) is 0 Å². The van der Waals surface area contributed by atoms with Crippen LogP contribution in [-0.2, 0) is 30.5 Å². The van der Waals surface area contributed by atoms with Crippen LogP contribution in [0.15, 0.2) is 24.3 Å². The molecular weight excluding hydrogens is 614 g/mol. The number of hydrogen-bond donors (Lipinski definition) is 7. The van der Waals surface area contributed by atoms with Gasteiger partial charge in [-0.3, -0.25) is 19.2 Å². The summed E-state index contributed by atoms with van der Waals surface area (Å²) in [7, 11) is 0. The lowest BCUT2D eigenvalue weighted by Gasteiger charge is -2.25. The fourth-order valence-electron chi connectivity index (χ4n) is 4.05. The van der Waals surface area contributed by atoms with Crippen LogP contribution < -0.4 is 38.1 Å². The van der Waals surface area contributed by atoms with Gasteiger partial charge in [0, 0.05) is 25.2 Å². The van der Waals surface area contributed by atoms with Crippen molar-refractivity contribution in [3.8, 4) is 0 Å². The maximum atomic E-state index is 13.3. The van der Waals surface area contributed by atoms with E-state index in [0.29, 0.717) is 18.7 Å². The highest BCUT2D eigenvalue weighted by molar-refractivity contribution is 8.12. The number of ether oxygens (including phenoxy) is 1. The van der Waals surface area contributed by atoms with Crippen molar-refractivity contribution in [3.63, 3.8) is 0 Å². The summed E-state index contributed by atoms with van der Waals surface area (Å²) >= 11 is 0.961. The Labute approximate surface area is 275 Å². The third-order valence-electron chi connectivity index (χ3n) is 6.81. The molecule has 1 aromatic carbocycles. The molecule has 1 aromatic rings. The second-order valence-corrected chi connectivity index (χ2v) is 13.2. The summed E-state index contributed by atoms with van der Waals surface area (Å²) in [5.74, 6) is -2.20. The molecule has 0 aromatic heterocycles. The smallest absolute Gasteiger partial charge is 0.367 e. The second-order valence-electron chi connectivity index (χ2n) is 12.5. The van der Waals surface area contributed by atoms with Gasteiger partial charge in [0.15, 0.2) is 0 Å². The van der Waals surface area contributed by atoms with Gasteiger partial charge >= 0.3 is 11.3 Å². The monoisotopic (exact) mass is 665 g/mol. The Balaban J connectivity index is 2.84. The van der Waals surface area contributed by atoms with Gasteiger partial charge in [0.1, 0.15) is 18.7 Å². The van der Waals surface area contributed by atoms with Crippen LogP contribution in [0.5, 0.6) is 0 Å². The zero-order valence-corrected chi connectivity index (χ0v) is 28.5. The van der Waals surface area contributed by atoms with Crippen LogP contribution in [0.25, 0.3) is 0 Å². The van der Waals surface area contributed by atoms with Crippen molar-refractivity contribution in [2.45, 2.75) is 91.5 Å². The summed E-state index contributed by atoms with van der Waals surface area (Å²) < 4.78 is 5.08. The number of rotatable bonds is 18. The second kappa shape index (κ2) is 20.3. The highest BCUT2D eigenvalue weighted by Crippen LogP contribution is 2.17. The predicted octanol–water partition coefficient (Wildman–Crippen LogP) is 2.36. The first-order chi connectivity index (χ1) is 21.5. The fraction of sp³-hybridized carbons (Fsp3) is 0.613. The van der Waals surface area contributed by atoms with Crippen molar-refractivity contribution in [2.24, 2.45) is 22.8 Å². The van der Waals surface area contributed by atoms with E-state index >= 15 is 0 Å². The quantitative estimate of drug-likeness (QED) is 0.0901. The van der Waals surface area contributed by atoms with Crippen molar-refractivity contribution >= 4 is 52.4 Å². The molecule has 0 aliphatic heterocycles. The van der Waals surface area contributed by atoms with Crippen LogP contribution in [0.2, 0.25) is 0 Å². The first-order valence-electron chi connectivity index (χ1n) is 15.3. The van der Waals surface area contributed by atoms with Gasteiger partial charge in [-0.2, -0.15) is 0 Å². The molecule has 6 amide bonds. The van der Waals surface area contributed by atoms with Gasteiger partial charge in [-0.15, -0.1) is 0 Å². The molecule has 46 heavy (non-hydrogen) atoms. The molecule has 15 heteroatoms. The number of carbonyl (C=O) groups excluding carboxylic acids is 6. The Bertz CT molecular complexity index is 1170. The standard InChI is InChI=1S/C31H51N7O7S/c1-19(2)25(38-24(39)14-13-22(32)26(40)34-17-15-31(3,4)5)28(42)37-23(8-7-16-35-29(33)43)27(41)36-21-11-9-20(10-12-21)18-45-30(44)46-6/h9-12,19,22-23,25H,7-8,13-18,32H2,1-6H3,(H,34,40)(H,36,41)(H,37,42)(H,38,39)(H3,33,35,43)/t22-,23+,25+/m1/s1. The summed E-state index contributed by atoms with van der Waals surface area (Å²) in [6.45, 7) is 10.4. The average Bonchev–Trinajstić information content (AvgIpc) is 2.98. The Morgan fingerprint density at radius 3 is 2.11 bits per heavy atom. The Hall–Kier alpha value is -3.85. The number of primary amides is 1. The van der Waals surface area contributed by atoms with Gasteiger partial charge in [-0.25, -0.2) is 9.59 Å². The number of thioether (sulfide) groups is 1. The minimum atomic E-state index is -1.01. The molecule has 0 aliphatic rings. The first kappa shape index (κ1) is 40.2. The average molecular weight is 666 g/mol. The summed E-state index contributed by atoms with van der Waals surface area (Å²) in [5, 5.41) is 13.0. The van der Waals surface area contributed by atoms with Gasteiger partial charge in [0.05, 0.1) is 6.04 Å². The van der Waals surface area contributed by atoms with Crippen molar-refractivity contribution < 1.29 is 33.5 Å². The third kappa shape index (κ3) is 17.0. The maximum Gasteiger partial charge on any atom is 0.367 e. The lowest BCUT2D eigenvalue weighted by molar-refractivity contribution is -0.132. The molecule has 0 radical (unpaired) electrons. The van der Waals surface area contributed by atoms with Crippen molar-refractivity contribution in [3.05, 3.63) is 29.8 Å². The lowest BCUT2D eigenvalue weighted by atomic mass is 9.92. The van der Waals surface area contributed by atoms with E-state index < -0.39 is 47.2 Å². The van der Waals surface area contributed by atoms with Crippen molar-refractivity contribution in [1.29, 1.82) is 0 Å². The van der Waals surface area contributed by atoms with E-state index in [-0.39, 0.29) is 49.7 Å². The van der Waals surface area contributed by atoms with Crippen LogP contribution >= 0.6 is 11.8 Å². The summed E-state index contributed by atoms with van der Waals surface area (Å²) in [6.07, 6.45) is 2.91. The molecule has 0 saturated carbocycles. The molecule has 1 rings (SSSR count). The molecule has 0 spiro atoms. The molecule has 0 fully saturated rings. The normalized spacial score (nSPS) is 13.1. The van der Waals surface area contributed by atoms with Gasteiger partial charge in [0.2, 0.25) is 23.6 Å². The highest BCUT2D eigenvalue weighted by atomic mass is 32.2. The predicted molar refractivity (Wildman–Crippen MR) is 179 cm³/mol. The zero-order chi connectivity index (χ0) is 34.9. The number of anilines is 1. The summed E-state index contributed by atoms with van der Waals surface area (Å²) in [5.41, 5.74) is 12.3. The van der Waals surface area contributed by atoms with Gasteiger partial charge in [-0.1, -0.05) is 46.8 Å². The number of nitrogens with two attached hydrogens (primary N) is 2. The van der Waals surface area contributed by atoms with Crippen molar-refractivity contribution in [1.82, 2.24) is 21.3 Å². The number of urea groups is 1. The van der Waals surface area contributed by atoms with E-state index in [2.05, 4.69) is 47.4 Å². The molecular formula is C31H51N7O7S. The Morgan fingerprint density at radius 1 is 0.891 bits per heavy atom. The van der Waals surface area contributed by atoms with Crippen LogP contribution in [0.1, 0.15) is 72.3 Å². The third-order valence-corrected chi connectivity index (χ3v) is 7.26. The largest absolute Gasteiger partial charge is 0.453 e. The van der Waals surface area contributed by atoms with Crippen LogP contribution in [0.3, 0.4) is 0 Å². The van der Waals surface area contributed by atoms with E-state index in [1.54, 1.807) is 44.4 Å². The SMILES string of the molecule is CSC(=O)OCc1ccc(NC(=O)[C@H](CCCNC(N)=O)NC(=O)[C@@H](NC(=O)CC[C@@H](N)C(=O)NCCC(C)(C)C)C(C)C)cc1. The van der Waals surface area contributed by atoms with Gasteiger partial charge in [0.25, 0.3) is 0 Å². The van der Waals surface area contributed by atoms with Crippen LogP contribution in [0, 0.1) is 11.3 Å². The summed E-state index contributed by atoms with van der Waals surface area (Å²) in [4.78, 5) is 74.1. The molecule has 0 aliphatic carbocycles. The Kier molecular flexibility index (Phi) is 17.7. The van der Waals surface area contributed by atoms with E-state index in [1.807, 2.05) is 0 Å². The molecule has 14 nitrogen and oxygen atoms in total. The maximum absolute atomic E-state index is 13.3. The lowest BCUT2D eigenvalue weighted by Crippen LogP contribution is -2.54. The molecule has 0 bridgehead atoms.